The molecular formula is C13H21Cl2N3O. The Kier molecular flexibility index (Phi) is 8.56. The van der Waals surface area contributed by atoms with Gasteiger partial charge >= 0.3 is 0 Å². The van der Waals surface area contributed by atoms with Crippen LogP contribution >= 0.6 is 24.8 Å². The van der Waals surface area contributed by atoms with E-state index >= 15 is 0 Å². The second kappa shape index (κ2) is 9.02. The van der Waals surface area contributed by atoms with Gasteiger partial charge in [0.2, 0.25) is 5.91 Å². The van der Waals surface area contributed by atoms with Crippen LogP contribution in [0.3, 0.4) is 0 Å². The van der Waals surface area contributed by atoms with Gasteiger partial charge < -0.3 is 16.0 Å². The number of nitrogens with zero attached hydrogens (tertiary/aromatic N) is 1. The number of fused-ring (bicyclic) bond motifs is 1. The third-order valence-electron chi connectivity index (χ3n) is 3.10. The zero-order valence-electron chi connectivity index (χ0n) is 10.8. The maximum Gasteiger partial charge on any atom is 0.233 e. The molecule has 0 spiro atoms. The summed E-state index contributed by atoms with van der Waals surface area (Å²) in [5.74, 6) is -0.0770. The fraction of sp³-hybridized carbons (Fsp3) is 0.462. The minimum Gasteiger partial charge on any atom is -0.371 e. The molecule has 1 amide bonds. The number of hydrogen-bond donors (Lipinski definition) is 2. The van der Waals surface area contributed by atoms with Gasteiger partial charge in [-0.25, -0.2) is 0 Å². The number of nitrogens with one attached hydrogen (secondary N) is 1. The molecule has 0 saturated carbocycles. The second-order valence-corrected chi connectivity index (χ2v) is 4.27. The Balaban J connectivity index is 0.00000162. The highest BCUT2D eigenvalue weighted by Gasteiger charge is 2.17. The minimum absolute atomic E-state index is 0. The molecule has 1 aliphatic rings. The molecule has 0 bridgehead atoms. The summed E-state index contributed by atoms with van der Waals surface area (Å²) in [5.41, 5.74) is 7.99. The lowest BCUT2D eigenvalue weighted by molar-refractivity contribution is -0.119. The van der Waals surface area contributed by atoms with Crippen LogP contribution in [0.25, 0.3) is 0 Å². The van der Waals surface area contributed by atoms with E-state index in [-0.39, 0.29) is 37.3 Å². The van der Waals surface area contributed by atoms with E-state index in [0.29, 0.717) is 6.54 Å². The van der Waals surface area contributed by atoms with E-state index in [1.165, 1.54) is 11.3 Å². The first-order chi connectivity index (χ1) is 8.31. The SMILES string of the molecule is Cl.Cl.NCC(=O)NCCCN1CCc2ccccc21. The van der Waals surface area contributed by atoms with E-state index in [1.807, 2.05) is 0 Å². The fourth-order valence-electron chi connectivity index (χ4n) is 2.21. The smallest absolute Gasteiger partial charge is 0.233 e. The highest BCUT2D eigenvalue weighted by molar-refractivity contribution is 5.85. The number of carbonyl (C=O) groups excluding carboxylic acids is 1. The van der Waals surface area contributed by atoms with Crippen LogP contribution in [-0.4, -0.2) is 32.1 Å². The van der Waals surface area contributed by atoms with E-state index in [9.17, 15) is 4.79 Å². The third-order valence-corrected chi connectivity index (χ3v) is 3.10. The molecule has 0 atom stereocenters. The van der Waals surface area contributed by atoms with Crippen LogP contribution in [0, 0.1) is 0 Å². The second-order valence-electron chi connectivity index (χ2n) is 4.27. The Labute approximate surface area is 126 Å². The average Bonchev–Trinajstić information content (AvgIpc) is 2.78. The van der Waals surface area contributed by atoms with Crippen LogP contribution in [-0.2, 0) is 11.2 Å². The van der Waals surface area contributed by atoms with Gasteiger partial charge in [-0.15, -0.1) is 24.8 Å². The van der Waals surface area contributed by atoms with Crippen molar-refractivity contribution < 1.29 is 4.79 Å². The number of carbonyl (C=O) groups is 1. The van der Waals surface area contributed by atoms with E-state index in [2.05, 4.69) is 34.5 Å². The highest BCUT2D eigenvalue weighted by Crippen LogP contribution is 2.26. The molecule has 4 nitrogen and oxygen atoms in total. The molecule has 2 rings (SSSR count). The van der Waals surface area contributed by atoms with Crippen molar-refractivity contribution in [3.63, 3.8) is 0 Å². The Morgan fingerprint density at radius 1 is 1.32 bits per heavy atom. The van der Waals surface area contributed by atoms with Gasteiger partial charge in [-0.2, -0.15) is 0 Å². The number of benzene rings is 1. The van der Waals surface area contributed by atoms with E-state index in [4.69, 9.17) is 5.73 Å². The van der Waals surface area contributed by atoms with Gasteiger partial charge in [0.05, 0.1) is 6.54 Å². The number of rotatable bonds is 5. The lowest BCUT2D eigenvalue weighted by atomic mass is 10.2. The number of hydrogen-bond acceptors (Lipinski definition) is 3. The van der Waals surface area contributed by atoms with Crippen molar-refractivity contribution in [2.24, 2.45) is 5.73 Å². The number of para-hydroxylation sites is 1. The summed E-state index contributed by atoms with van der Waals surface area (Å²) < 4.78 is 0. The first kappa shape index (κ1) is 18.0. The van der Waals surface area contributed by atoms with Gasteiger partial charge in [-0.05, 0) is 24.5 Å². The van der Waals surface area contributed by atoms with Crippen molar-refractivity contribution in [2.75, 3.05) is 31.1 Å². The minimum atomic E-state index is -0.0770. The van der Waals surface area contributed by atoms with Crippen LogP contribution in [0.1, 0.15) is 12.0 Å². The lowest BCUT2D eigenvalue weighted by Gasteiger charge is -2.19. The molecule has 0 saturated heterocycles. The van der Waals surface area contributed by atoms with Gasteiger partial charge in [0, 0.05) is 25.3 Å². The molecule has 1 aromatic carbocycles. The van der Waals surface area contributed by atoms with E-state index < -0.39 is 0 Å². The number of amides is 1. The van der Waals surface area contributed by atoms with Crippen molar-refractivity contribution in [1.29, 1.82) is 0 Å². The molecule has 0 aromatic heterocycles. The van der Waals surface area contributed by atoms with Crippen molar-refractivity contribution in [1.82, 2.24) is 5.32 Å². The zero-order valence-corrected chi connectivity index (χ0v) is 12.4. The van der Waals surface area contributed by atoms with Crippen LogP contribution in [0.4, 0.5) is 5.69 Å². The normalized spacial score (nSPS) is 12.2. The maximum absolute atomic E-state index is 11.0. The zero-order chi connectivity index (χ0) is 12.1. The Morgan fingerprint density at radius 2 is 2.05 bits per heavy atom. The average molecular weight is 306 g/mol. The van der Waals surface area contributed by atoms with Crippen molar-refractivity contribution in [3.05, 3.63) is 29.8 Å². The predicted octanol–water partition coefficient (Wildman–Crippen LogP) is 1.36. The Bertz CT molecular complexity index is 401. The molecule has 6 heteroatoms. The molecule has 0 radical (unpaired) electrons. The molecule has 1 aromatic rings. The standard InChI is InChI=1S/C13H19N3O.2ClH/c14-10-13(17)15-7-3-8-16-9-6-11-4-1-2-5-12(11)16;;/h1-2,4-5H,3,6-10,14H2,(H,15,17);2*1H. The van der Waals surface area contributed by atoms with Crippen LogP contribution in [0.15, 0.2) is 24.3 Å². The summed E-state index contributed by atoms with van der Waals surface area (Å²) in [4.78, 5) is 13.3. The number of nitrogens with two attached hydrogens (primary N) is 1. The summed E-state index contributed by atoms with van der Waals surface area (Å²) in [7, 11) is 0. The van der Waals surface area contributed by atoms with Crippen molar-refractivity contribution >= 4 is 36.4 Å². The highest BCUT2D eigenvalue weighted by atomic mass is 35.5. The Morgan fingerprint density at radius 3 is 2.79 bits per heavy atom. The Hall–Kier alpha value is -0.970. The molecule has 0 unspecified atom stereocenters. The molecular weight excluding hydrogens is 285 g/mol. The van der Waals surface area contributed by atoms with Gasteiger partial charge in [-0.3, -0.25) is 4.79 Å². The fourth-order valence-corrected chi connectivity index (χ4v) is 2.21. The summed E-state index contributed by atoms with van der Waals surface area (Å²) in [6.07, 6.45) is 2.09. The van der Waals surface area contributed by atoms with Crippen LogP contribution < -0.4 is 16.0 Å². The van der Waals surface area contributed by atoms with Crippen molar-refractivity contribution in [2.45, 2.75) is 12.8 Å². The predicted molar refractivity (Wildman–Crippen MR) is 83.5 cm³/mol. The summed E-state index contributed by atoms with van der Waals surface area (Å²) in [6, 6.07) is 8.52. The molecule has 1 aliphatic heterocycles. The molecule has 3 N–H and O–H groups in total. The molecule has 0 aliphatic carbocycles. The molecule has 19 heavy (non-hydrogen) atoms. The van der Waals surface area contributed by atoms with Crippen LogP contribution in [0.2, 0.25) is 0 Å². The lowest BCUT2D eigenvalue weighted by Crippen LogP contribution is -2.33. The van der Waals surface area contributed by atoms with Crippen molar-refractivity contribution in [3.8, 4) is 0 Å². The molecule has 108 valence electrons. The maximum atomic E-state index is 11.0. The first-order valence-corrected chi connectivity index (χ1v) is 6.11. The number of anilines is 1. The molecule has 1 heterocycles. The third kappa shape index (κ3) is 4.90. The van der Waals surface area contributed by atoms with E-state index in [0.717, 1.165) is 25.9 Å². The largest absolute Gasteiger partial charge is 0.371 e. The quantitative estimate of drug-likeness (QED) is 0.808. The topological polar surface area (TPSA) is 58.4 Å². The molecule has 0 fully saturated rings. The van der Waals surface area contributed by atoms with Gasteiger partial charge in [-0.1, -0.05) is 18.2 Å². The van der Waals surface area contributed by atoms with Gasteiger partial charge in [0.25, 0.3) is 0 Å². The first-order valence-electron chi connectivity index (χ1n) is 6.11. The van der Waals surface area contributed by atoms with Gasteiger partial charge in [0.1, 0.15) is 0 Å². The summed E-state index contributed by atoms with van der Waals surface area (Å²) in [5, 5.41) is 2.79. The monoisotopic (exact) mass is 305 g/mol. The number of halogens is 2. The summed E-state index contributed by atoms with van der Waals surface area (Å²) >= 11 is 0. The summed E-state index contributed by atoms with van der Waals surface area (Å²) in [6.45, 7) is 2.85. The van der Waals surface area contributed by atoms with Crippen LogP contribution in [0.5, 0.6) is 0 Å². The van der Waals surface area contributed by atoms with E-state index in [1.54, 1.807) is 0 Å². The van der Waals surface area contributed by atoms with Gasteiger partial charge in [0.15, 0.2) is 0 Å².